The van der Waals surface area contributed by atoms with Crippen molar-refractivity contribution in [1.29, 1.82) is 0 Å². The van der Waals surface area contributed by atoms with Crippen LogP contribution in [0, 0.1) is 6.92 Å². The third-order valence-electron chi connectivity index (χ3n) is 1.92. The lowest BCUT2D eigenvalue weighted by Crippen LogP contribution is -2.08. The van der Waals surface area contributed by atoms with Crippen molar-refractivity contribution in [1.82, 2.24) is 0 Å². The van der Waals surface area contributed by atoms with Crippen LogP contribution in [0.5, 0.6) is 0 Å². The lowest BCUT2D eigenvalue weighted by Gasteiger charge is -2.09. The molecule has 0 aliphatic rings. The Morgan fingerprint density at radius 2 is 1.73 bits per heavy atom. The summed E-state index contributed by atoms with van der Waals surface area (Å²) in [6, 6.07) is 1.37. The zero-order valence-corrected chi connectivity index (χ0v) is 10.7. The Balaban J connectivity index is 3.63. The van der Waals surface area contributed by atoms with Gasteiger partial charge in [0.2, 0.25) is 0 Å². The maximum absolute atomic E-state index is 10.9. The third-order valence-corrected chi connectivity index (χ3v) is 3.90. The van der Waals surface area contributed by atoms with E-state index >= 15 is 0 Å². The molecule has 15 heavy (non-hydrogen) atoms. The second-order valence-electron chi connectivity index (χ2n) is 2.83. The van der Waals surface area contributed by atoms with Gasteiger partial charge in [-0.25, -0.2) is 9.59 Å². The summed E-state index contributed by atoms with van der Waals surface area (Å²) < 4.78 is 0.750. The zero-order valence-electron chi connectivity index (χ0n) is 7.54. The molecule has 0 fully saturated rings. The molecule has 0 unspecified atom stereocenters. The number of aromatic carboxylic acids is 2. The van der Waals surface area contributed by atoms with E-state index < -0.39 is 11.9 Å². The molecule has 80 valence electrons. The minimum atomic E-state index is -1.16. The quantitative estimate of drug-likeness (QED) is 0.870. The number of hydrogen-bond acceptors (Lipinski definition) is 2. The molecule has 1 rings (SSSR count). The van der Waals surface area contributed by atoms with E-state index in [2.05, 4.69) is 31.9 Å². The first-order valence-electron chi connectivity index (χ1n) is 3.81. The summed E-state index contributed by atoms with van der Waals surface area (Å²) in [5.41, 5.74) is 0.161. The van der Waals surface area contributed by atoms with Crippen LogP contribution < -0.4 is 0 Å². The molecule has 0 atom stereocenters. The van der Waals surface area contributed by atoms with Gasteiger partial charge in [0.05, 0.1) is 11.1 Å². The first kappa shape index (κ1) is 12.2. The lowest BCUT2D eigenvalue weighted by atomic mass is 10.0. The smallest absolute Gasteiger partial charge is 0.337 e. The van der Waals surface area contributed by atoms with Gasteiger partial charge in [-0.15, -0.1) is 0 Å². The number of carboxylic acids is 2. The van der Waals surface area contributed by atoms with Gasteiger partial charge in [0.1, 0.15) is 0 Å². The fourth-order valence-corrected chi connectivity index (χ4v) is 2.20. The van der Waals surface area contributed by atoms with Gasteiger partial charge in [0.25, 0.3) is 0 Å². The highest BCUT2D eigenvalue weighted by Gasteiger charge is 2.20. The van der Waals surface area contributed by atoms with E-state index in [4.69, 9.17) is 10.2 Å². The molecule has 0 saturated carbocycles. The van der Waals surface area contributed by atoms with E-state index in [1.807, 2.05) is 0 Å². The summed E-state index contributed by atoms with van der Waals surface area (Å²) >= 11 is 6.19. The average molecular weight is 338 g/mol. The monoisotopic (exact) mass is 336 g/mol. The standard InChI is InChI=1S/C9H6Br2O4/c1-3-4(8(12)13)2-5(10)7(11)6(3)9(14)15/h2H,1H3,(H,12,13)(H,14,15). The number of carboxylic acid groups (broad SMARTS) is 2. The van der Waals surface area contributed by atoms with Crippen molar-refractivity contribution >= 4 is 43.8 Å². The summed E-state index contributed by atoms with van der Waals surface area (Å²) in [5, 5.41) is 17.8. The Bertz CT molecular complexity index is 454. The molecule has 4 nitrogen and oxygen atoms in total. The fraction of sp³-hybridized carbons (Fsp3) is 0.111. The molecule has 0 amide bonds. The molecule has 0 saturated heterocycles. The van der Waals surface area contributed by atoms with Gasteiger partial charge in [0, 0.05) is 8.95 Å². The summed E-state index contributed by atoms with van der Waals surface area (Å²) in [6.07, 6.45) is 0. The molecule has 1 aromatic rings. The van der Waals surface area contributed by atoms with Crippen molar-refractivity contribution in [3.8, 4) is 0 Å². The zero-order chi connectivity index (χ0) is 11.7. The predicted molar refractivity (Wildman–Crippen MR) is 60.5 cm³/mol. The number of hydrogen-bond donors (Lipinski definition) is 2. The van der Waals surface area contributed by atoms with Crippen LogP contribution in [0.1, 0.15) is 26.3 Å². The van der Waals surface area contributed by atoms with Crippen molar-refractivity contribution in [3.63, 3.8) is 0 Å². The molecular formula is C9H6Br2O4. The fourth-order valence-electron chi connectivity index (χ4n) is 1.19. The Morgan fingerprint density at radius 3 is 2.13 bits per heavy atom. The van der Waals surface area contributed by atoms with E-state index in [1.165, 1.54) is 13.0 Å². The van der Waals surface area contributed by atoms with Crippen molar-refractivity contribution in [2.24, 2.45) is 0 Å². The highest BCUT2D eigenvalue weighted by molar-refractivity contribution is 9.13. The Kier molecular flexibility index (Phi) is 3.51. The van der Waals surface area contributed by atoms with Gasteiger partial charge in [-0.3, -0.25) is 0 Å². The molecule has 1 aromatic carbocycles. The van der Waals surface area contributed by atoms with E-state index in [0.717, 1.165) is 0 Å². The van der Waals surface area contributed by atoms with Gasteiger partial charge in [0.15, 0.2) is 0 Å². The molecule has 0 heterocycles. The predicted octanol–water partition coefficient (Wildman–Crippen LogP) is 2.92. The molecule has 0 radical (unpaired) electrons. The summed E-state index contributed by atoms with van der Waals surface area (Å²) in [4.78, 5) is 21.8. The molecule has 0 aliphatic carbocycles. The van der Waals surface area contributed by atoms with Gasteiger partial charge >= 0.3 is 11.9 Å². The molecule has 6 heteroatoms. The second-order valence-corrected chi connectivity index (χ2v) is 4.48. The molecule has 0 bridgehead atoms. The van der Waals surface area contributed by atoms with Gasteiger partial charge < -0.3 is 10.2 Å². The number of carbonyl (C=O) groups is 2. The molecule has 0 aromatic heterocycles. The van der Waals surface area contributed by atoms with Crippen LogP contribution in [0.25, 0.3) is 0 Å². The van der Waals surface area contributed by atoms with Crippen LogP contribution in [-0.4, -0.2) is 22.2 Å². The van der Waals surface area contributed by atoms with Crippen LogP contribution in [0.4, 0.5) is 0 Å². The maximum Gasteiger partial charge on any atom is 0.337 e. The Hall–Kier alpha value is -0.880. The number of rotatable bonds is 2. The molecule has 0 spiro atoms. The van der Waals surface area contributed by atoms with Crippen LogP contribution in [0.2, 0.25) is 0 Å². The molecule has 0 aliphatic heterocycles. The third kappa shape index (κ3) is 2.21. The van der Waals surface area contributed by atoms with Crippen molar-refractivity contribution < 1.29 is 19.8 Å². The largest absolute Gasteiger partial charge is 0.478 e. The summed E-state index contributed by atoms with van der Waals surface area (Å²) in [6.45, 7) is 1.46. The lowest BCUT2D eigenvalue weighted by molar-refractivity contribution is 0.0695. The maximum atomic E-state index is 10.9. The van der Waals surface area contributed by atoms with Crippen molar-refractivity contribution in [3.05, 3.63) is 31.7 Å². The van der Waals surface area contributed by atoms with Gasteiger partial charge in [-0.2, -0.15) is 0 Å². The first-order chi connectivity index (χ1) is 6.86. The van der Waals surface area contributed by atoms with E-state index in [-0.39, 0.29) is 16.7 Å². The van der Waals surface area contributed by atoms with Crippen molar-refractivity contribution in [2.75, 3.05) is 0 Å². The van der Waals surface area contributed by atoms with E-state index in [0.29, 0.717) is 8.95 Å². The topological polar surface area (TPSA) is 74.6 Å². The van der Waals surface area contributed by atoms with Gasteiger partial charge in [-0.1, -0.05) is 0 Å². The van der Waals surface area contributed by atoms with Crippen molar-refractivity contribution in [2.45, 2.75) is 6.92 Å². The van der Waals surface area contributed by atoms with E-state index in [9.17, 15) is 9.59 Å². The van der Waals surface area contributed by atoms with Gasteiger partial charge in [-0.05, 0) is 50.4 Å². The summed E-state index contributed by atoms with van der Waals surface area (Å²) in [7, 11) is 0. The summed E-state index contributed by atoms with van der Waals surface area (Å²) in [5.74, 6) is -2.31. The number of benzene rings is 1. The molecular weight excluding hydrogens is 332 g/mol. The second kappa shape index (κ2) is 4.32. The normalized spacial score (nSPS) is 10.1. The Labute approximate surface area is 102 Å². The van der Waals surface area contributed by atoms with Crippen LogP contribution in [0.3, 0.4) is 0 Å². The van der Waals surface area contributed by atoms with Crippen LogP contribution >= 0.6 is 31.9 Å². The van der Waals surface area contributed by atoms with Crippen LogP contribution in [0.15, 0.2) is 15.0 Å². The Morgan fingerprint density at radius 1 is 1.20 bits per heavy atom. The van der Waals surface area contributed by atoms with Crippen LogP contribution in [-0.2, 0) is 0 Å². The highest BCUT2D eigenvalue weighted by atomic mass is 79.9. The number of halogens is 2. The van der Waals surface area contributed by atoms with E-state index in [1.54, 1.807) is 0 Å². The molecule has 2 N–H and O–H groups in total. The highest BCUT2D eigenvalue weighted by Crippen LogP contribution is 2.31. The average Bonchev–Trinajstić information content (AvgIpc) is 2.10. The minimum absolute atomic E-state index is 0.0255. The first-order valence-corrected chi connectivity index (χ1v) is 5.40. The SMILES string of the molecule is Cc1c(C(=O)O)cc(Br)c(Br)c1C(=O)O. The minimum Gasteiger partial charge on any atom is -0.478 e.